The third kappa shape index (κ3) is 4.26. The number of nitrogens with zero attached hydrogens (tertiary/aromatic N) is 2. The Morgan fingerprint density at radius 3 is 2.95 bits per heavy atom. The Balaban J connectivity index is 1.82. The molecule has 0 atom stereocenters. The first-order valence-corrected chi connectivity index (χ1v) is 7.71. The van der Waals surface area contributed by atoms with Crippen molar-refractivity contribution < 1.29 is 4.79 Å². The highest BCUT2D eigenvalue weighted by Crippen LogP contribution is 2.24. The maximum atomic E-state index is 11.3. The quantitative estimate of drug-likeness (QED) is 0.490. The predicted molar refractivity (Wildman–Crippen MR) is 76.7 cm³/mol. The molecule has 0 unspecified atom stereocenters. The van der Waals surface area contributed by atoms with Crippen LogP contribution in [0.5, 0.6) is 0 Å². The minimum absolute atomic E-state index is 0.314. The molecular weight excluding hydrogens is 260 g/mol. The van der Waals surface area contributed by atoms with Gasteiger partial charge in [-0.3, -0.25) is 10.2 Å². The topological polar surface area (TPSA) is 71.2 Å². The lowest BCUT2D eigenvalue weighted by molar-refractivity contribution is 0.0953. The summed E-state index contributed by atoms with van der Waals surface area (Å²) < 4.78 is 0. The number of nitrogens with two attached hydrogens (primary N) is 1. The van der Waals surface area contributed by atoms with Crippen molar-refractivity contribution in [3.63, 3.8) is 0 Å². The molecule has 0 spiro atoms. The van der Waals surface area contributed by atoms with Gasteiger partial charge in [0.2, 0.25) is 0 Å². The molecule has 1 heterocycles. The van der Waals surface area contributed by atoms with Crippen molar-refractivity contribution >= 4 is 17.2 Å². The lowest BCUT2D eigenvalue weighted by Crippen LogP contribution is -2.30. The number of nitrogen functional groups attached to an aromatic ring is 1. The van der Waals surface area contributed by atoms with Crippen molar-refractivity contribution in [1.29, 1.82) is 0 Å². The molecule has 0 aromatic carbocycles. The van der Waals surface area contributed by atoms with Gasteiger partial charge in [0, 0.05) is 18.5 Å². The summed E-state index contributed by atoms with van der Waals surface area (Å²) in [6.07, 6.45) is 6.83. The van der Waals surface area contributed by atoms with Gasteiger partial charge in [0.05, 0.1) is 5.69 Å². The molecule has 0 radical (unpaired) electrons. The molecule has 0 aliphatic heterocycles. The molecule has 1 saturated carbocycles. The van der Waals surface area contributed by atoms with Gasteiger partial charge in [0.15, 0.2) is 5.01 Å². The zero-order valence-electron chi connectivity index (χ0n) is 11.4. The van der Waals surface area contributed by atoms with Gasteiger partial charge in [-0.1, -0.05) is 19.3 Å². The summed E-state index contributed by atoms with van der Waals surface area (Å²) in [5, 5.41) is 2.37. The van der Waals surface area contributed by atoms with E-state index in [9.17, 15) is 4.79 Å². The van der Waals surface area contributed by atoms with Gasteiger partial charge in [-0.2, -0.15) is 0 Å². The first-order chi connectivity index (χ1) is 9.19. The summed E-state index contributed by atoms with van der Waals surface area (Å²) in [4.78, 5) is 17.9. The van der Waals surface area contributed by atoms with Crippen molar-refractivity contribution in [3.05, 3.63) is 16.1 Å². The van der Waals surface area contributed by atoms with Crippen molar-refractivity contribution in [1.82, 2.24) is 15.3 Å². The van der Waals surface area contributed by atoms with Crippen LogP contribution in [0.25, 0.3) is 0 Å². The van der Waals surface area contributed by atoms with Crippen LogP contribution in [0.15, 0.2) is 5.38 Å². The Kier molecular flexibility index (Phi) is 5.30. The summed E-state index contributed by atoms with van der Waals surface area (Å²) in [5.41, 5.74) is 3.06. The average molecular weight is 282 g/mol. The highest BCUT2D eigenvalue weighted by Gasteiger charge is 2.16. The van der Waals surface area contributed by atoms with E-state index in [0.717, 1.165) is 24.7 Å². The van der Waals surface area contributed by atoms with E-state index in [1.807, 2.05) is 5.38 Å². The van der Waals surface area contributed by atoms with Gasteiger partial charge in [0.25, 0.3) is 5.91 Å². The Bertz CT molecular complexity index is 415. The van der Waals surface area contributed by atoms with E-state index in [1.165, 1.54) is 43.4 Å². The van der Waals surface area contributed by atoms with E-state index >= 15 is 0 Å². The summed E-state index contributed by atoms with van der Waals surface area (Å²) in [6.45, 7) is 1.92. The van der Waals surface area contributed by atoms with Gasteiger partial charge >= 0.3 is 0 Å². The molecule has 1 aliphatic rings. The lowest BCUT2D eigenvalue weighted by atomic mass is 9.89. The first-order valence-electron chi connectivity index (χ1n) is 6.83. The van der Waals surface area contributed by atoms with Crippen LogP contribution in [0, 0.1) is 5.92 Å². The molecule has 6 heteroatoms. The standard InChI is InChI=1S/C13H22N4OS/c1-17(7-10-5-3-2-4-6-10)8-11-9-19-13(15-11)12(18)16-14/h9-10H,2-8,14H2,1H3,(H,16,18). The highest BCUT2D eigenvalue weighted by molar-refractivity contribution is 7.11. The fourth-order valence-electron chi connectivity index (χ4n) is 2.70. The molecule has 1 fully saturated rings. The highest BCUT2D eigenvalue weighted by atomic mass is 32.1. The molecule has 2 rings (SSSR count). The van der Waals surface area contributed by atoms with Crippen molar-refractivity contribution in [2.24, 2.45) is 11.8 Å². The van der Waals surface area contributed by atoms with E-state index in [0.29, 0.717) is 5.01 Å². The van der Waals surface area contributed by atoms with Crippen LogP contribution in [0.2, 0.25) is 0 Å². The zero-order valence-corrected chi connectivity index (χ0v) is 12.2. The Labute approximate surface area is 118 Å². The minimum Gasteiger partial charge on any atom is -0.300 e. The third-order valence-corrected chi connectivity index (χ3v) is 4.49. The third-order valence-electron chi connectivity index (χ3n) is 3.60. The SMILES string of the molecule is CN(Cc1csc(C(=O)NN)n1)CC1CCCCC1. The number of hydrogen-bond acceptors (Lipinski definition) is 5. The van der Waals surface area contributed by atoms with Gasteiger partial charge < -0.3 is 4.90 Å². The summed E-state index contributed by atoms with van der Waals surface area (Å²) >= 11 is 1.34. The maximum Gasteiger partial charge on any atom is 0.294 e. The van der Waals surface area contributed by atoms with Crippen LogP contribution in [0.3, 0.4) is 0 Å². The van der Waals surface area contributed by atoms with Crippen LogP contribution >= 0.6 is 11.3 Å². The number of aromatic nitrogens is 1. The summed E-state index contributed by atoms with van der Waals surface area (Å²) in [7, 11) is 2.12. The van der Waals surface area contributed by atoms with Crippen LogP contribution in [-0.4, -0.2) is 29.4 Å². The molecule has 19 heavy (non-hydrogen) atoms. The van der Waals surface area contributed by atoms with E-state index < -0.39 is 0 Å². The number of amides is 1. The lowest BCUT2D eigenvalue weighted by Gasteiger charge is -2.26. The Morgan fingerprint density at radius 2 is 2.26 bits per heavy atom. The number of hydrazine groups is 1. The maximum absolute atomic E-state index is 11.3. The molecule has 1 aliphatic carbocycles. The van der Waals surface area contributed by atoms with E-state index in [-0.39, 0.29) is 5.91 Å². The fourth-order valence-corrected chi connectivity index (χ4v) is 3.41. The normalized spacial score (nSPS) is 16.8. The average Bonchev–Trinajstić information content (AvgIpc) is 2.87. The number of thiazole rings is 1. The van der Waals surface area contributed by atoms with Crippen molar-refractivity contribution in [2.45, 2.75) is 38.6 Å². The van der Waals surface area contributed by atoms with Gasteiger partial charge in [-0.15, -0.1) is 11.3 Å². The van der Waals surface area contributed by atoms with E-state index in [2.05, 4.69) is 22.4 Å². The van der Waals surface area contributed by atoms with Gasteiger partial charge in [-0.05, 0) is 25.8 Å². The molecule has 1 amide bonds. The summed E-state index contributed by atoms with van der Waals surface area (Å²) in [6, 6.07) is 0. The second kappa shape index (κ2) is 6.98. The minimum atomic E-state index is -0.314. The van der Waals surface area contributed by atoms with Gasteiger partial charge in [0.1, 0.15) is 0 Å². The molecule has 0 saturated heterocycles. The smallest absolute Gasteiger partial charge is 0.294 e. The molecule has 106 valence electrons. The number of carbonyl (C=O) groups is 1. The number of nitrogens with one attached hydrogen (secondary N) is 1. The Hall–Kier alpha value is -0.980. The van der Waals surface area contributed by atoms with E-state index in [1.54, 1.807) is 0 Å². The van der Waals surface area contributed by atoms with Crippen LogP contribution in [0.1, 0.15) is 47.6 Å². The Morgan fingerprint density at radius 1 is 1.53 bits per heavy atom. The molecule has 5 nitrogen and oxygen atoms in total. The molecule has 1 aromatic heterocycles. The van der Waals surface area contributed by atoms with Crippen molar-refractivity contribution in [2.75, 3.05) is 13.6 Å². The van der Waals surface area contributed by atoms with Crippen LogP contribution in [0.4, 0.5) is 0 Å². The molecular formula is C13H22N4OS. The fraction of sp³-hybridized carbons (Fsp3) is 0.692. The number of carbonyl (C=O) groups excluding carboxylic acids is 1. The van der Waals surface area contributed by atoms with Crippen LogP contribution in [-0.2, 0) is 6.54 Å². The molecule has 1 aromatic rings. The van der Waals surface area contributed by atoms with Crippen molar-refractivity contribution in [3.8, 4) is 0 Å². The number of rotatable bonds is 5. The molecule has 3 N–H and O–H groups in total. The largest absolute Gasteiger partial charge is 0.300 e. The van der Waals surface area contributed by atoms with Crippen LogP contribution < -0.4 is 11.3 Å². The second-order valence-corrected chi connectivity index (χ2v) is 6.18. The zero-order chi connectivity index (χ0) is 13.7. The second-order valence-electron chi connectivity index (χ2n) is 5.32. The summed E-state index contributed by atoms with van der Waals surface area (Å²) in [5.74, 6) is 5.60. The first kappa shape index (κ1) is 14.4. The predicted octanol–water partition coefficient (Wildman–Crippen LogP) is 1.76. The monoisotopic (exact) mass is 282 g/mol. The van der Waals surface area contributed by atoms with E-state index in [4.69, 9.17) is 5.84 Å². The number of hydrogen-bond donors (Lipinski definition) is 2. The molecule has 0 bridgehead atoms. The van der Waals surface area contributed by atoms with Gasteiger partial charge in [-0.25, -0.2) is 10.8 Å².